The normalized spacial score (nSPS) is 11.6. The molecule has 9 aromatic carbocycles. The van der Waals surface area contributed by atoms with Crippen LogP contribution in [0.5, 0.6) is 0 Å². The first-order valence-electron chi connectivity index (χ1n) is 23.6. The average molecular weight is 927 g/mol. The molecule has 0 unspecified atom stereocenters. The Kier molecular flexibility index (Phi) is 14.3. The fourth-order valence-corrected chi connectivity index (χ4v) is 10.3. The van der Waals surface area contributed by atoms with E-state index in [0.29, 0.717) is 61.3 Å². The van der Waals surface area contributed by atoms with Crippen LogP contribution < -0.4 is 10.9 Å². The van der Waals surface area contributed by atoms with Crippen LogP contribution in [0.1, 0.15) is 54.1 Å². The molecule has 12 heteroatoms. The monoisotopic (exact) mass is 926 g/mol. The second-order valence-corrected chi connectivity index (χ2v) is 18.5. The number of carbonyl (C=O) groups is 2. The van der Waals surface area contributed by atoms with Gasteiger partial charge in [-0.05, 0) is 114 Å². The van der Waals surface area contributed by atoms with Gasteiger partial charge in [0, 0.05) is 53.4 Å². The van der Waals surface area contributed by atoms with E-state index in [2.05, 4.69) is 58.3 Å². The van der Waals surface area contributed by atoms with Crippen molar-refractivity contribution in [2.45, 2.75) is 39.3 Å². The second kappa shape index (κ2) is 20.8. The minimum Gasteiger partial charge on any atom is -0.423 e. The number of benzene rings is 9. The van der Waals surface area contributed by atoms with E-state index in [1.807, 2.05) is 86.9 Å². The summed E-state index contributed by atoms with van der Waals surface area (Å²) >= 11 is 0. The number of rotatable bonds is 16. The molecule has 0 aliphatic rings. The minimum absolute atomic E-state index is 0.264. The summed E-state index contributed by atoms with van der Waals surface area (Å²) in [5, 5.41) is 48.6. The molecule has 350 valence electrons. The van der Waals surface area contributed by atoms with Gasteiger partial charge in [0.1, 0.15) is 0 Å². The summed E-state index contributed by atoms with van der Waals surface area (Å²) in [6.07, 6.45) is 0. The van der Waals surface area contributed by atoms with E-state index in [-0.39, 0.29) is 11.8 Å². The fraction of sp³-hybridized carbons (Fsp3) is 0.172. The van der Waals surface area contributed by atoms with Gasteiger partial charge < -0.3 is 29.9 Å². The molecule has 0 bridgehead atoms. The largest absolute Gasteiger partial charge is 0.488 e. The molecule has 0 spiro atoms. The Bertz CT molecular complexity index is 3060. The van der Waals surface area contributed by atoms with Crippen LogP contribution in [-0.4, -0.2) is 93.9 Å². The topological polar surface area (TPSA) is 128 Å². The lowest BCUT2D eigenvalue weighted by Crippen LogP contribution is -2.35. The molecule has 0 saturated carbocycles. The molecule has 0 aromatic heterocycles. The summed E-state index contributed by atoms with van der Waals surface area (Å²) < 4.78 is 0. The molecule has 70 heavy (non-hydrogen) atoms. The summed E-state index contributed by atoms with van der Waals surface area (Å²) in [4.78, 5) is 37.2. The molecule has 0 aliphatic heterocycles. The summed E-state index contributed by atoms with van der Waals surface area (Å²) in [6.45, 7) is 2.80. The standard InChI is InChI=1S/C58H56B2N4O6/c1-61(33-39-19-5-17-31-55(39)59(67)68)35-51-41-21-7-11-25-45(41)53(46-26-12-8-22-42(46)51)37-63(3)57(65)49-29-15-16-30-50(49)58(66)64(4)38-54-47-27-13-9-23-43(47)52(44-24-10-14-28-48(44)54)36-62(2)34-40-20-6-18-32-56(40)60(69)70/h5-32,67-70H,33-38H2,1-4H3. The van der Waals surface area contributed by atoms with Crippen molar-refractivity contribution in [1.82, 2.24) is 19.6 Å². The van der Waals surface area contributed by atoms with E-state index < -0.39 is 14.2 Å². The van der Waals surface area contributed by atoms with Crippen molar-refractivity contribution in [3.63, 3.8) is 0 Å². The number of nitrogens with zero attached hydrogens (tertiary/aromatic N) is 4. The van der Waals surface area contributed by atoms with Gasteiger partial charge in [-0.2, -0.15) is 0 Å². The van der Waals surface area contributed by atoms with Gasteiger partial charge in [-0.3, -0.25) is 19.4 Å². The summed E-state index contributed by atoms with van der Waals surface area (Å²) in [5.74, 6) is -0.529. The van der Waals surface area contributed by atoms with Crippen LogP contribution in [0.15, 0.2) is 170 Å². The molecule has 9 aromatic rings. The summed E-state index contributed by atoms with van der Waals surface area (Å²) in [7, 11) is 4.51. The van der Waals surface area contributed by atoms with Crippen LogP contribution in [-0.2, 0) is 39.3 Å². The van der Waals surface area contributed by atoms with Crippen LogP contribution in [0.3, 0.4) is 0 Å². The first-order valence-corrected chi connectivity index (χ1v) is 23.6. The fourth-order valence-electron chi connectivity index (χ4n) is 10.3. The van der Waals surface area contributed by atoms with Crippen LogP contribution in [0.4, 0.5) is 0 Å². The molecule has 0 heterocycles. The van der Waals surface area contributed by atoms with Crippen LogP contribution in [0.25, 0.3) is 43.1 Å². The highest BCUT2D eigenvalue weighted by Gasteiger charge is 2.26. The van der Waals surface area contributed by atoms with Gasteiger partial charge in [0.05, 0.1) is 11.1 Å². The third-order valence-corrected chi connectivity index (χ3v) is 13.6. The Morgan fingerprint density at radius 3 is 0.871 bits per heavy atom. The van der Waals surface area contributed by atoms with Gasteiger partial charge in [0.25, 0.3) is 11.8 Å². The highest BCUT2D eigenvalue weighted by Crippen LogP contribution is 2.37. The van der Waals surface area contributed by atoms with Crippen molar-refractivity contribution in [2.24, 2.45) is 0 Å². The zero-order valence-corrected chi connectivity index (χ0v) is 40.0. The van der Waals surface area contributed by atoms with E-state index >= 15 is 0 Å². The van der Waals surface area contributed by atoms with Crippen molar-refractivity contribution in [2.75, 3.05) is 28.2 Å². The molecule has 2 amide bonds. The van der Waals surface area contributed by atoms with Crippen LogP contribution in [0.2, 0.25) is 0 Å². The zero-order valence-electron chi connectivity index (χ0n) is 40.0. The van der Waals surface area contributed by atoms with Gasteiger partial charge in [-0.15, -0.1) is 0 Å². The van der Waals surface area contributed by atoms with Crippen molar-refractivity contribution in [3.8, 4) is 0 Å². The Labute approximate surface area is 409 Å². The number of amides is 2. The van der Waals surface area contributed by atoms with Crippen LogP contribution >= 0.6 is 0 Å². The molecular weight excluding hydrogens is 870 g/mol. The maximum Gasteiger partial charge on any atom is 0.488 e. The maximum atomic E-state index is 14.7. The first-order chi connectivity index (χ1) is 33.9. The molecule has 0 atom stereocenters. The lowest BCUT2D eigenvalue weighted by Gasteiger charge is -2.26. The van der Waals surface area contributed by atoms with Gasteiger partial charge >= 0.3 is 14.2 Å². The van der Waals surface area contributed by atoms with E-state index in [1.165, 1.54) is 0 Å². The molecule has 9 rings (SSSR count). The molecule has 0 radical (unpaired) electrons. The number of carbonyl (C=O) groups excluding carboxylic acids is 2. The van der Waals surface area contributed by atoms with Crippen LogP contribution in [0, 0.1) is 0 Å². The smallest absolute Gasteiger partial charge is 0.423 e. The number of fused-ring (bicyclic) bond motifs is 4. The van der Waals surface area contributed by atoms with E-state index in [9.17, 15) is 29.7 Å². The molecule has 10 nitrogen and oxygen atoms in total. The lowest BCUT2D eigenvalue weighted by atomic mass is 9.77. The Morgan fingerprint density at radius 1 is 0.343 bits per heavy atom. The average Bonchev–Trinajstić information content (AvgIpc) is 3.37. The molecule has 0 aliphatic carbocycles. The van der Waals surface area contributed by atoms with E-state index in [1.54, 1.807) is 72.4 Å². The Morgan fingerprint density at radius 2 is 0.586 bits per heavy atom. The first kappa shape index (κ1) is 47.9. The second-order valence-electron chi connectivity index (χ2n) is 18.5. The van der Waals surface area contributed by atoms with Crippen molar-refractivity contribution >= 4 is 80.1 Å². The van der Waals surface area contributed by atoms with Gasteiger partial charge in [-0.1, -0.05) is 158 Å². The molecule has 0 fully saturated rings. The maximum absolute atomic E-state index is 14.7. The third kappa shape index (κ3) is 9.71. The van der Waals surface area contributed by atoms with Crippen molar-refractivity contribution in [3.05, 3.63) is 214 Å². The molecular formula is C58H56B2N4O6. The van der Waals surface area contributed by atoms with E-state index in [0.717, 1.165) is 76.5 Å². The SMILES string of the molecule is CN(Cc1ccccc1B(O)O)Cc1c2ccccc2c(CN(C)C(=O)c2ccccc2C(=O)N(C)Cc2c3ccccc3c(CN(C)Cc3ccccc3B(O)O)c3ccccc23)c2ccccc12. The van der Waals surface area contributed by atoms with Crippen molar-refractivity contribution in [1.29, 1.82) is 0 Å². The summed E-state index contributed by atoms with van der Waals surface area (Å²) in [5.41, 5.74) is 7.58. The third-order valence-electron chi connectivity index (χ3n) is 13.6. The van der Waals surface area contributed by atoms with Crippen molar-refractivity contribution < 1.29 is 29.7 Å². The lowest BCUT2D eigenvalue weighted by molar-refractivity contribution is 0.0748. The number of hydrogen-bond donors (Lipinski definition) is 4. The Balaban J connectivity index is 0.987. The Hall–Kier alpha value is -7.15. The quantitative estimate of drug-likeness (QED) is 0.0581. The minimum atomic E-state index is -1.56. The predicted molar refractivity (Wildman–Crippen MR) is 284 cm³/mol. The van der Waals surface area contributed by atoms with E-state index in [4.69, 9.17) is 0 Å². The van der Waals surface area contributed by atoms with Gasteiger partial charge in [0.2, 0.25) is 0 Å². The molecule has 4 N–H and O–H groups in total. The zero-order chi connectivity index (χ0) is 49.1. The van der Waals surface area contributed by atoms with Gasteiger partial charge in [0.15, 0.2) is 0 Å². The highest BCUT2D eigenvalue weighted by atomic mass is 16.4. The number of hydrogen-bond acceptors (Lipinski definition) is 8. The molecule has 0 saturated heterocycles. The van der Waals surface area contributed by atoms with Gasteiger partial charge in [-0.25, -0.2) is 0 Å². The predicted octanol–water partition coefficient (Wildman–Crippen LogP) is 7.47. The highest BCUT2D eigenvalue weighted by molar-refractivity contribution is 6.59. The summed E-state index contributed by atoms with van der Waals surface area (Å²) in [6, 6.07) is 54.9.